The first-order valence-electron chi connectivity index (χ1n) is 10.1. The molecule has 0 spiro atoms. The van der Waals surface area contributed by atoms with Crippen LogP contribution >= 0.6 is 11.6 Å². The highest BCUT2D eigenvalue weighted by Crippen LogP contribution is 2.29. The molecule has 2 rings (SSSR count). The maximum absolute atomic E-state index is 12.8. The first-order chi connectivity index (χ1) is 14.9. The van der Waals surface area contributed by atoms with Gasteiger partial charge in [-0.25, -0.2) is 4.79 Å². The summed E-state index contributed by atoms with van der Waals surface area (Å²) >= 11 is 6.43. The lowest BCUT2D eigenvalue weighted by Gasteiger charge is -2.31. The van der Waals surface area contributed by atoms with Gasteiger partial charge in [0.1, 0.15) is 0 Å². The van der Waals surface area contributed by atoms with E-state index in [2.05, 4.69) is 28.8 Å². The summed E-state index contributed by atoms with van der Waals surface area (Å²) in [4.78, 5) is 26.4. The Balaban J connectivity index is 2.15. The second-order valence-electron chi connectivity index (χ2n) is 6.70. The Labute approximate surface area is 188 Å². The van der Waals surface area contributed by atoms with Crippen LogP contribution in [0.15, 0.2) is 42.5 Å². The molecular weight excluding hydrogens is 420 g/mol. The summed E-state index contributed by atoms with van der Waals surface area (Å²) in [5, 5.41) is 3.66. The van der Waals surface area contributed by atoms with Gasteiger partial charge >= 0.3 is 5.97 Å². The number of amides is 1. The van der Waals surface area contributed by atoms with Crippen molar-refractivity contribution in [1.29, 1.82) is 0 Å². The van der Waals surface area contributed by atoms with Gasteiger partial charge in [0.25, 0.3) is 5.91 Å². The van der Waals surface area contributed by atoms with Crippen LogP contribution in [-0.4, -0.2) is 57.2 Å². The summed E-state index contributed by atoms with van der Waals surface area (Å²) in [6, 6.07) is 12.4. The Kier molecular flexibility index (Phi) is 9.62. The molecule has 7 nitrogen and oxygen atoms in total. The molecule has 1 atom stereocenters. The number of nitrogens with zero attached hydrogens (tertiary/aromatic N) is 1. The van der Waals surface area contributed by atoms with Crippen molar-refractivity contribution in [2.24, 2.45) is 0 Å². The van der Waals surface area contributed by atoms with E-state index in [4.69, 9.17) is 21.1 Å². The van der Waals surface area contributed by atoms with Crippen LogP contribution in [0.5, 0.6) is 11.5 Å². The number of likely N-dealkylation sites (N-methyl/N-ethyl adjacent to an activating group) is 1. The molecule has 0 bridgehead atoms. The second-order valence-corrected chi connectivity index (χ2v) is 7.11. The van der Waals surface area contributed by atoms with Crippen LogP contribution in [0.1, 0.15) is 35.8 Å². The molecule has 0 saturated heterocycles. The standard InChI is InChI=1S/C23H29ClN2O5/c1-5-26(6-2)19(17-9-7-8-10-18(17)24)14-25-23(28)16-11-12-20(21(13-16)29-3)31-15-22(27)30-4/h7-13,19H,5-6,14-15H2,1-4H3,(H,25,28). The maximum Gasteiger partial charge on any atom is 0.343 e. The summed E-state index contributed by atoms with van der Waals surface area (Å²) in [7, 11) is 2.75. The van der Waals surface area contributed by atoms with Gasteiger partial charge in [-0.05, 0) is 42.9 Å². The lowest BCUT2D eigenvalue weighted by Crippen LogP contribution is -2.38. The van der Waals surface area contributed by atoms with Crippen LogP contribution < -0.4 is 14.8 Å². The van der Waals surface area contributed by atoms with Crippen molar-refractivity contribution in [3.63, 3.8) is 0 Å². The molecular formula is C23H29ClN2O5. The summed E-state index contributed by atoms with van der Waals surface area (Å²) < 4.78 is 15.3. The van der Waals surface area contributed by atoms with Gasteiger partial charge in [0.05, 0.1) is 20.3 Å². The van der Waals surface area contributed by atoms with Crippen LogP contribution in [-0.2, 0) is 9.53 Å². The van der Waals surface area contributed by atoms with Gasteiger partial charge in [-0.15, -0.1) is 0 Å². The van der Waals surface area contributed by atoms with Crippen LogP contribution in [0.4, 0.5) is 0 Å². The molecule has 0 heterocycles. The molecule has 0 fully saturated rings. The third kappa shape index (κ3) is 6.60. The van der Waals surface area contributed by atoms with E-state index < -0.39 is 5.97 Å². The Morgan fingerprint density at radius 2 is 1.77 bits per heavy atom. The molecule has 0 aliphatic carbocycles. The lowest BCUT2D eigenvalue weighted by atomic mass is 10.0. The van der Waals surface area contributed by atoms with E-state index in [-0.39, 0.29) is 18.6 Å². The second kappa shape index (κ2) is 12.2. The van der Waals surface area contributed by atoms with Crippen LogP contribution in [0, 0.1) is 0 Å². The predicted molar refractivity (Wildman–Crippen MR) is 120 cm³/mol. The van der Waals surface area contributed by atoms with Crippen molar-refractivity contribution >= 4 is 23.5 Å². The average molecular weight is 449 g/mol. The molecule has 0 aliphatic heterocycles. The number of carbonyl (C=O) groups excluding carboxylic acids is 2. The zero-order valence-corrected chi connectivity index (χ0v) is 19.1. The number of benzene rings is 2. The highest BCUT2D eigenvalue weighted by Gasteiger charge is 2.22. The van der Waals surface area contributed by atoms with Crippen molar-refractivity contribution in [3.05, 3.63) is 58.6 Å². The molecule has 1 unspecified atom stereocenters. The smallest absolute Gasteiger partial charge is 0.343 e. The number of nitrogens with one attached hydrogen (secondary N) is 1. The van der Waals surface area contributed by atoms with Gasteiger partial charge in [-0.2, -0.15) is 0 Å². The number of hydrogen-bond acceptors (Lipinski definition) is 6. The minimum absolute atomic E-state index is 0.0581. The number of carbonyl (C=O) groups is 2. The fourth-order valence-electron chi connectivity index (χ4n) is 3.26. The maximum atomic E-state index is 12.8. The number of hydrogen-bond donors (Lipinski definition) is 1. The third-order valence-corrected chi connectivity index (χ3v) is 5.32. The first kappa shape index (κ1) is 24.5. The summed E-state index contributed by atoms with van der Waals surface area (Å²) in [5.74, 6) is -0.0580. The van der Waals surface area contributed by atoms with Gasteiger partial charge in [0.2, 0.25) is 0 Å². The molecule has 168 valence electrons. The SMILES string of the molecule is CCN(CC)C(CNC(=O)c1ccc(OCC(=O)OC)c(OC)c1)c1ccccc1Cl. The first-order valence-corrected chi connectivity index (χ1v) is 10.5. The number of esters is 1. The molecule has 0 radical (unpaired) electrons. The van der Waals surface area contributed by atoms with Gasteiger partial charge < -0.3 is 19.5 Å². The fourth-order valence-corrected chi connectivity index (χ4v) is 3.52. The van der Waals surface area contributed by atoms with Crippen LogP contribution in [0.3, 0.4) is 0 Å². The Morgan fingerprint density at radius 3 is 2.39 bits per heavy atom. The molecule has 1 N–H and O–H groups in total. The molecule has 0 aromatic heterocycles. The van der Waals surface area contributed by atoms with Crippen molar-refractivity contribution in [2.75, 3.05) is 40.5 Å². The van der Waals surface area contributed by atoms with Gasteiger partial charge in [-0.3, -0.25) is 9.69 Å². The van der Waals surface area contributed by atoms with Gasteiger partial charge in [0, 0.05) is 17.1 Å². The highest BCUT2D eigenvalue weighted by atomic mass is 35.5. The zero-order chi connectivity index (χ0) is 22.8. The molecule has 1 amide bonds. The minimum atomic E-state index is -0.508. The lowest BCUT2D eigenvalue weighted by molar-refractivity contribution is -0.142. The molecule has 0 saturated carbocycles. The minimum Gasteiger partial charge on any atom is -0.493 e. The highest BCUT2D eigenvalue weighted by molar-refractivity contribution is 6.31. The van der Waals surface area contributed by atoms with E-state index in [0.29, 0.717) is 28.6 Å². The molecule has 31 heavy (non-hydrogen) atoms. The van der Waals surface area contributed by atoms with E-state index in [1.54, 1.807) is 18.2 Å². The number of halogens is 1. The van der Waals surface area contributed by atoms with E-state index in [1.165, 1.54) is 14.2 Å². The van der Waals surface area contributed by atoms with Crippen molar-refractivity contribution in [2.45, 2.75) is 19.9 Å². The number of ether oxygens (including phenoxy) is 3. The largest absolute Gasteiger partial charge is 0.493 e. The quantitative estimate of drug-likeness (QED) is 0.528. The van der Waals surface area contributed by atoms with E-state index >= 15 is 0 Å². The van der Waals surface area contributed by atoms with E-state index in [1.807, 2.05) is 24.3 Å². The van der Waals surface area contributed by atoms with E-state index in [0.717, 1.165) is 18.7 Å². The predicted octanol–water partition coefficient (Wildman–Crippen LogP) is 3.71. The molecule has 8 heteroatoms. The number of rotatable bonds is 11. The van der Waals surface area contributed by atoms with E-state index in [9.17, 15) is 9.59 Å². The zero-order valence-electron chi connectivity index (χ0n) is 18.3. The molecule has 2 aromatic carbocycles. The molecule has 2 aromatic rings. The van der Waals surface area contributed by atoms with Gasteiger partial charge in [0.15, 0.2) is 18.1 Å². The van der Waals surface area contributed by atoms with Crippen molar-refractivity contribution in [3.8, 4) is 11.5 Å². The van der Waals surface area contributed by atoms with Gasteiger partial charge in [-0.1, -0.05) is 43.6 Å². The third-order valence-electron chi connectivity index (χ3n) is 4.97. The fraction of sp³-hybridized carbons (Fsp3) is 0.391. The summed E-state index contributed by atoms with van der Waals surface area (Å²) in [6.07, 6.45) is 0. The monoisotopic (exact) mass is 448 g/mol. The summed E-state index contributed by atoms with van der Waals surface area (Å²) in [6.45, 7) is 5.94. The Bertz CT molecular complexity index is 886. The van der Waals surface area contributed by atoms with Crippen molar-refractivity contribution in [1.82, 2.24) is 10.2 Å². The van der Waals surface area contributed by atoms with Crippen LogP contribution in [0.2, 0.25) is 5.02 Å². The average Bonchev–Trinajstić information content (AvgIpc) is 2.80. The normalized spacial score (nSPS) is 11.7. The number of methoxy groups -OCH3 is 2. The Morgan fingerprint density at radius 1 is 1.06 bits per heavy atom. The summed E-state index contributed by atoms with van der Waals surface area (Å²) in [5.41, 5.74) is 1.39. The van der Waals surface area contributed by atoms with Crippen molar-refractivity contribution < 1.29 is 23.8 Å². The van der Waals surface area contributed by atoms with Crippen LogP contribution in [0.25, 0.3) is 0 Å². The topological polar surface area (TPSA) is 77.1 Å². The molecule has 0 aliphatic rings. The Hall–Kier alpha value is -2.77.